The molecule has 0 bridgehead atoms. The monoisotopic (exact) mass is 449 g/mol. The molecule has 1 saturated heterocycles. The number of carbonyl (C=O) groups excluding carboxylic acids is 2. The molecule has 2 aromatic rings. The van der Waals surface area contributed by atoms with Gasteiger partial charge in [-0.2, -0.15) is 4.31 Å². The Bertz CT molecular complexity index is 1040. The number of rotatable bonds is 7. The van der Waals surface area contributed by atoms with Gasteiger partial charge in [0.1, 0.15) is 11.6 Å². The van der Waals surface area contributed by atoms with Gasteiger partial charge in [0.2, 0.25) is 10.0 Å². The summed E-state index contributed by atoms with van der Waals surface area (Å²) in [6, 6.07) is 11.5. The van der Waals surface area contributed by atoms with Crippen molar-refractivity contribution in [3.05, 3.63) is 59.9 Å². The molecule has 31 heavy (non-hydrogen) atoms. The summed E-state index contributed by atoms with van der Waals surface area (Å²) in [5.41, 5.74) is 0.260. The summed E-state index contributed by atoms with van der Waals surface area (Å²) in [6.07, 6.45) is 1.21. The number of hydrogen-bond acceptors (Lipinski definition) is 5. The van der Waals surface area contributed by atoms with Crippen LogP contribution < -0.4 is 15.4 Å². The average Bonchev–Trinajstić information content (AvgIpc) is 3.26. The second-order valence-corrected chi connectivity index (χ2v) is 8.96. The molecule has 1 fully saturated rings. The third kappa shape index (κ3) is 5.39. The maximum absolute atomic E-state index is 13.6. The van der Waals surface area contributed by atoms with Crippen molar-refractivity contribution < 1.29 is 27.1 Å². The van der Waals surface area contributed by atoms with Crippen LogP contribution in [0.5, 0.6) is 5.75 Å². The zero-order valence-corrected chi connectivity index (χ0v) is 17.8. The van der Waals surface area contributed by atoms with Gasteiger partial charge in [-0.25, -0.2) is 12.8 Å². The van der Waals surface area contributed by atoms with Gasteiger partial charge in [-0.3, -0.25) is 9.59 Å². The minimum Gasteiger partial charge on any atom is -0.497 e. The van der Waals surface area contributed by atoms with Crippen LogP contribution in [0.1, 0.15) is 18.4 Å². The zero-order chi connectivity index (χ0) is 22.4. The molecule has 0 saturated carbocycles. The van der Waals surface area contributed by atoms with E-state index in [2.05, 4.69) is 10.6 Å². The van der Waals surface area contributed by atoms with E-state index in [1.54, 1.807) is 18.2 Å². The van der Waals surface area contributed by atoms with Gasteiger partial charge < -0.3 is 15.4 Å². The summed E-state index contributed by atoms with van der Waals surface area (Å²) in [5.74, 6) is -1.74. The van der Waals surface area contributed by atoms with E-state index >= 15 is 0 Å². The fraction of sp³-hybridized carbons (Fsp3) is 0.333. The molecule has 0 spiro atoms. The van der Waals surface area contributed by atoms with Crippen molar-refractivity contribution in [1.29, 1.82) is 0 Å². The summed E-state index contributed by atoms with van der Waals surface area (Å²) in [7, 11) is -2.25. The lowest BCUT2D eigenvalue weighted by molar-refractivity contribution is -0.139. The van der Waals surface area contributed by atoms with Gasteiger partial charge in [0.05, 0.1) is 12.0 Å². The fourth-order valence-electron chi connectivity index (χ4n) is 3.40. The molecular weight excluding hydrogens is 425 g/mol. The first-order chi connectivity index (χ1) is 14.8. The average molecular weight is 450 g/mol. The maximum atomic E-state index is 13.6. The SMILES string of the molecule is COc1ccc(S(=O)(=O)N2CCC[C@@H]2CNC(=O)C(=O)NCc2ccccc2F)cc1. The number of ether oxygens (including phenoxy) is 1. The van der Waals surface area contributed by atoms with Gasteiger partial charge in [-0.1, -0.05) is 18.2 Å². The number of nitrogens with zero attached hydrogens (tertiary/aromatic N) is 1. The summed E-state index contributed by atoms with van der Waals surface area (Å²) in [6.45, 7) is 0.204. The Hall–Kier alpha value is -2.98. The van der Waals surface area contributed by atoms with E-state index < -0.39 is 33.7 Å². The Labute approximate surface area is 180 Å². The van der Waals surface area contributed by atoms with Gasteiger partial charge in [-0.15, -0.1) is 0 Å². The largest absolute Gasteiger partial charge is 0.497 e. The third-order valence-corrected chi connectivity index (χ3v) is 7.06. The fourth-order valence-corrected chi connectivity index (χ4v) is 5.09. The van der Waals surface area contributed by atoms with E-state index in [1.807, 2.05) is 0 Å². The number of hydrogen-bond donors (Lipinski definition) is 2. The standard InChI is InChI=1S/C21H24FN3O5S/c1-30-17-8-10-18(11-9-17)31(28,29)25-12-4-6-16(25)14-24-21(27)20(26)23-13-15-5-2-3-7-19(15)22/h2-3,5,7-11,16H,4,6,12-14H2,1H3,(H,23,26)(H,24,27)/t16-/m1/s1. The van der Waals surface area contributed by atoms with Crippen molar-refractivity contribution in [3.8, 4) is 5.75 Å². The maximum Gasteiger partial charge on any atom is 0.309 e. The van der Waals surface area contributed by atoms with Gasteiger partial charge in [0, 0.05) is 31.2 Å². The molecule has 0 radical (unpaired) electrons. The lowest BCUT2D eigenvalue weighted by Gasteiger charge is -2.24. The van der Waals surface area contributed by atoms with Crippen LogP contribution in [0.4, 0.5) is 4.39 Å². The minimum atomic E-state index is -3.75. The number of carbonyl (C=O) groups is 2. The molecule has 0 unspecified atom stereocenters. The molecule has 1 heterocycles. The molecule has 166 valence electrons. The van der Waals surface area contributed by atoms with Crippen molar-refractivity contribution in [3.63, 3.8) is 0 Å². The Kier molecular flexibility index (Phi) is 7.24. The molecule has 3 rings (SSSR count). The summed E-state index contributed by atoms with van der Waals surface area (Å²) < 4.78 is 45.9. The molecule has 10 heteroatoms. The highest BCUT2D eigenvalue weighted by Crippen LogP contribution is 2.26. The molecular formula is C21H24FN3O5S. The Morgan fingerprint density at radius 1 is 1.10 bits per heavy atom. The third-order valence-electron chi connectivity index (χ3n) is 5.09. The predicted octanol–water partition coefficient (Wildman–Crippen LogP) is 1.42. The van der Waals surface area contributed by atoms with Crippen molar-refractivity contribution in [2.45, 2.75) is 30.3 Å². The lowest BCUT2D eigenvalue weighted by atomic mass is 10.2. The lowest BCUT2D eigenvalue weighted by Crippen LogP contribution is -2.46. The van der Waals surface area contributed by atoms with E-state index in [0.717, 1.165) is 0 Å². The summed E-state index contributed by atoms with van der Waals surface area (Å²) in [5, 5.41) is 4.83. The Morgan fingerprint density at radius 2 is 1.77 bits per heavy atom. The highest BCUT2D eigenvalue weighted by molar-refractivity contribution is 7.89. The van der Waals surface area contributed by atoms with E-state index in [0.29, 0.717) is 25.1 Å². The molecule has 2 amide bonds. The highest BCUT2D eigenvalue weighted by Gasteiger charge is 2.35. The zero-order valence-electron chi connectivity index (χ0n) is 17.0. The Balaban J connectivity index is 1.56. The van der Waals surface area contributed by atoms with E-state index in [1.165, 1.54) is 41.7 Å². The number of sulfonamides is 1. The van der Waals surface area contributed by atoms with Crippen LogP contribution in [0.3, 0.4) is 0 Å². The van der Waals surface area contributed by atoms with Gasteiger partial charge in [0.15, 0.2) is 0 Å². The van der Waals surface area contributed by atoms with Crippen LogP contribution in [-0.4, -0.2) is 50.8 Å². The minimum absolute atomic E-state index is 0.00133. The van der Waals surface area contributed by atoms with Gasteiger partial charge >= 0.3 is 11.8 Å². The van der Waals surface area contributed by atoms with E-state index in [-0.39, 0.29) is 23.5 Å². The number of amides is 2. The van der Waals surface area contributed by atoms with E-state index in [4.69, 9.17) is 4.74 Å². The second kappa shape index (κ2) is 9.88. The number of halogens is 1. The van der Waals surface area contributed by atoms with Crippen molar-refractivity contribution in [1.82, 2.24) is 14.9 Å². The van der Waals surface area contributed by atoms with Crippen LogP contribution in [0.2, 0.25) is 0 Å². The van der Waals surface area contributed by atoms with Gasteiger partial charge in [-0.05, 0) is 43.2 Å². The predicted molar refractivity (Wildman–Crippen MR) is 111 cm³/mol. The van der Waals surface area contributed by atoms with Gasteiger partial charge in [0.25, 0.3) is 0 Å². The van der Waals surface area contributed by atoms with Crippen LogP contribution in [0.15, 0.2) is 53.4 Å². The van der Waals surface area contributed by atoms with Crippen molar-refractivity contribution >= 4 is 21.8 Å². The Morgan fingerprint density at radius 3 is 2.45 bits per heavy atom. The smallest absolute Gasteiger partial charge is 0.309 e. The highest BCUT2D eigenvalue weighted by atomic mass is 32.2. The molecule has 8 nitrogen and oxygen atoms in total. The first kappa shape index (κ1) is 22.7. The first-order valence-corrected chi connectivity index (χ1v) is 11.2. The summed E-state index contributed by atoms with van der Waals surface area (Å²) >= 11 is 0. The molecule has 0 aromatic heterocycles. The number of nitrogens with one attached hydrogen (secondary N) is 2. The molecule has 1 aliphatic rings. The molecule has 2 aromatic carbocycles. The molecule has 1 aliphatic heterocycles. The van der Waals surface area contributed by atoms with Crippen LogP contribution >= 0.6 is 0 Å². The normalized spacial score (nSPS) is 16.6. The molecule has 1 atom stereocenters. The topological polar surface area (TPSA) is 105 Å². The van der Waals surface area contributed by atoms with Crippen LogP contribution in [0, 0.1) is 5.82 Å². The quantitative estimate of drug-likeness (QED) is 0.622. The molecule has 2 N–H and O–H groups in total. The van der Waals surface area contributed by atoms with Crippen molar-refractivity contribution in [2.75, 3.05) is 20.2 Å². The first-order valence-electron chi connectivity index (χ1n) is 9.78. The van der Waals surface area contributed by atoms with E-state index in [9.17, 15) is 22.4 Å². The second-order valence-electron chi connectivity index (χ2n) is 7.07. The number of methoxy groups -OCH3 is 1. The van der Waals surface area contributed by atoms with Crippen LogP contribution in [0.25, 0.3) is 0 Å². The molecule has 0 aliphatic carbocycles. The number of benzene rings is 2. The summed E-state index contributed by atoms with van der Waals surface area (Å²) in [4.78, 5) is 24.2. The van der Waals surface area contributed by atoms with Crippen LogP contribution in [-0.2, 0) is 26.2 Å². The van der Waals surface area contributed by atoms with Crippen molar-refractivity contribution in [2.24, 2.45) is 0 Å².